The van der Waals surface area contributed by atoms with Crippen LogP contribution in [0.3, 0.4) is 0 Å². The van der Waals surface area contributed by atoms with E-state index in [2.05, 4.69) is 39.5 Å². The lowest BCUT2D eigenvalue weighted by Crippen LogP contribution is -2.47. The fourth-order valence-corrected chi connectivity index (χ4v) is 6.75. The van der Waals surface area contributed by atoms with Gasteiger partial charge in [0, 0.05) is 30.6 Å². The highest BCUT2D eigenvalue weighted by molar-refractivity contribution is 7.15. The van der Waals surface area contributed by atoms with Gasteiger partial charge in [0.2, 0.25) is 5.91 Å². The van der Waals surface area contributed by atoms with Crippen molar-refractivity contribution in [1.82, 2.24) is 0 Å². The van der Waals surface area contributed by atoms with Crippen molar-refractivity contribution < 1.29 is 23.8 Å². The first-order valence-electron chi connectivity index (χ1n) is 14.5. The van der Waals surface area contributed by atoms with Crippen molar-refractivity contribution in [2.45, 2.75) is 110 Å². The molecule has 1 saturated heterocycles. The molecule has 0 bridgehead atoms. The minimum atomic E-state index is -0.402. The van der Waals surface area contributed by atoms with Crippen LogP contribution in [0.4, 0.5) is 5.69 Å². The number of nitrogens with zero attached hydrogens (tertiary/aromatic N) is 1. The highest BCUT2D eigenvalue weighted by Gasteiger charge is 2.38. The third-order valence-electron chi connectivity index (χ3n) is 8.07. The van der Waals surface area contributed by atoms with Gasteiger partial charge in [0.25, 0.3) is 0 Å². The number of hydrogen-bond donors (Lipinski definition) is 0. The molecule has 1 amide bonds. The lowest BCUT2D eigenvalue weighted by molar-refractivity contribution is -0.124. The lowest BCUT2D eigenvalue weighted by Gasteiger charge is -2.40. The van der Waals surface area contributed by atoms with Crippen molar-refractivity contribution in [3.63, 3.8) is 0 Å². The minimum absolute atomic E-state index is 0.00285. The molecular formula is C31H45NO5S. The second-order valence-corrected chi connectivity index (χ2v) is 13.4. The summed E-state index contributed by atoms with van der Waals surface area (Å²) in [5.41, 5.74) is 0.518. The van der Waals surface area contributed by atoms with E-state index >= 15 is 0 Å². The van der Waals surface area contributed by atoms with E-state index < -0.39 is 5.97 Å². The number of hydrogen-bond acceptors (Lipinski definition) is 6. The molecule has 3 fully saturated rings. The minimum Gasteiger partial charge on any atom is -0.465 e. The highest BCUT2D eigenvalue weighted by Crippen LogP contribution is 2.39. The fraction of sp³-hybridized carbons (Fsp3) is 0.742. The molecule has 2 saturated carbocycles. The Bertz CT molecular complexity index is 1010. The predicted molar refractivity (Wildman–Crippen MR) is 152 cm³/mol. The second kappa shape index (κ2) is 13.0. The molecule has 1 aliphatic heterocycles. The summed E-state index contributed by atoms with van der Waals surface area (Å²) in [6, 6.07) is 1.99. The maximum Gasteiger partial charge on any atom is 0.350 e. The molecule has 1 aromatic heterocycles. The van der Waals surface area contributed by atoms with E-state index in [-0.39, 0.29) is 35.5 Å². The van der Waals surface area contributed by atoms with E-state index in [1.165, 1.54) is 18.4 Å². The molecule has 0 N–H and O–H groups in total. The number of thiophene rings is 1. The van der Waals surface area contributed by atoms with Crippen molar-refractivity contribution in [1.29, 1.82) is 0 Å². The zero-order chi connectivity index (χ0) is 27.3. The summed E-state index contributed by atoms with van der Waals surface area (Å²) >= 11 is 1.33. The van der Waals surface area contributed by atoms with Crippen LogP contribution in [0.5, 0.6) is 0 Å². The second-order valence-electron chi connectivity index (χ2n) is 12.4. The number of anilines is 1. The van der Waals surface area contributed by atoms with Crippen molar-refractivity contribution in [3.8, 4) is 11.8 Å². The molecule has 0 aromatic carbocycles. The molecule has 210 valence electrons. The highest BCUT2D eigenvalue weighted by atomic mass is 32.1. The number of carbonyl (C=O) groups is 2. The quantitative estimate of drug-likeness (QED) is 0.299. The SMILES string of the molecule is COC(=O)c1sc(C#CC(C)(C)C)cc1N(C(=O)[C@H]1CC[C@H](C)CC1)[C@H]1CC[C@H](OC2CCOCC2)CC1. The smallest absolute Gasteiger partial charge is 0.350 e. The van der Waals surface area contributed by atoms with Crippen molar-refractivity contribution in [3.05, 3.63) is 15.8 Å². The summed E-state index contributed by atoms with van der Waals surface area (Å²) in [4.78, 5) is 30.4. The number of ether oxygens (including phenoxy) is 3. The molecule has 2 aliphatic carbocycles. The van der Waals surface area contributed by atoms with Crippen LogP contribution in [-0.4, -0.2) is 50.4 Å². The Morgan fingerprint density at radius 1 is 0.974 bits per heavy atom. The van der Waals surface area contributed by atoms with E-state index in [0.717, 1.165) is 82.3 Å². The van der Waals surface area contributed by atoms with Gasteiger partial charge >= 0.3 is 5.97 Å². The van der Waals surface area contributed by atoms with E-state index in [1.54, 1.807) is 0 Å². The van der Waals surface area contributed by atoms with Crippen LogP contribution in [0.2, 0.25) is 0 Å². The van der Waals surface area contributed by atoms with Crippen molar-refractivity contribution >= 4 is 28.9 Å². The average molecular weight is 544 g/mol. The van der Waals surface area contributed by atoms with Crippen LogP contribution in [0, 0.1) is 29.1 Å². The number of esters is 1. The Morgan fingerprint density at radius 2 is 1.61 bits per heavy atom. The summed E-state index contributed by atoms with van der Waals surface area (Å²) in [6.07, 6.45) is 9.95. The third-order valence-corrected chi connectivity index (χ3v) is 9.09. The predicted octanol–water partition coefficient (Wildman–Crippen LogP) is 6.60. The van der Waals surface area contributed by atoms with E-state index in [1.807, 2.05) is 11.0 Å². The summed E-state index contributed by atoms with van der Waals surface area (Å²) in [5.74, 6) is 6.94. The van der Waals surface area contributed by atoms with Gasteiger partial charge in [-0.2, -0.15) is 0 Å². The summed E-state index contributed by atoms with van der Waals surface area (Å²) < 4.78 is 17.1. The number of methoxy groups -OCH3 is 1. The number of rotatable bonds is 6. The Balaban J connectivity index is 1.60. The monoisotopic (exact) mass is 543 g/mol. The van der Waals surface area contributed by atoms with Gasteiger partial charge in [-0.15, -0.1) is 11.3 Å². The van der Waals surface area contributed by atoms with E-state index in [9.17, 15) is 9.59 Å². The van der Waals surface area contributed by atoms with Gasteiger partial charge in [0.1, 0.15) is 4.88 Å². The van der Waals surface area contributed by atoms with Crippen LogP contribution < -0.4 is 4.90 Å². The van der Waals surface area contributed by atoms with Crippen LogP contribution in [0.1, 0.15) is 106 Å². The summed E-state index contributed by atoms with van der Waals surface area (Å²) in [6.45, 7) is 10.0. The molecule has 0 spiro atoms. The molecule has 3 aliphatic rings. The maximum absolute atomic E-state index is 14.2. The Labute approximate surface area is 232 Å². The topological polar surface area (TPSA) is 65.1 Å². The third kappa shape index (κ3) is 7.61. The molecule has 0 unspecified atom stereocenters. The summed E-state index contributed by atoms with van der Waals surface area (Å²) in [7, 11) is 1.40. The van der Waals surface area contributed by atoms with Gasteiger partial charge in [-0.05, 0) is 97.0 Å². The lowest BCUT2D eigenvalue weighted by atomic mass is 9.81. The molecule has 0 atom stereocenters. The van der Waals surface area contributed by atoms with Gasteiger partial charge in [-0.1, -0.05) is 18.8 Å². The molecule has 4 rings (SSSR count). The first-order valence-corrected chi connectivity index (χ1v) is 15.3. The molecule has 0 radical (unpaired) electrons. The van der Waals surface area contributed by atoms with Crippen molar-refractivity contribution in [2.75, 3.05) is 25.2 Å². The van der Waals surface area contributed by atoms with Crippen LogP contribution in [-0.2, 0) is 19.0 Å². The fourth-order valence-electron chi connectivity index (χ4n) is 5.83. The molecule has 7 heteroatoms. The normalized spacial score (nSPS) is 26.8. The van der Waals surface area contributed by atoms with Crippen molar-refractivity contribution in [2.24, 2.45) is 17.3 Å². The van der Waals surface area contributed by atoms with Crippen LogP contribution >= 0.6 is 11.3 Å². The molecule has 38 heavy (non-hydrogen) atoms. The van der Waals surface area contributed by atoms with Gasteiger partial charge in [0.05, 0.1) is 29.9 Å². The molecule has 2 heterocycles. The number of amides is 1. The first kappa shape index (κ1) is 29.1. The molecule has 6 nitrogen and oxygen atoms in total. The zero-order valence-electron chi connectivity index (χ0n) is 23.8. The van der Waals surface area contributed by atoms with Crippen LogP contribution in [0.15, 0.2) is 6.07 Å². The maximum atomic E-state index is 14.2. The first-order chi connectivity index (χ1) is 18.1. The molecular weight excluding hydrogens is 498 g/mol. The standard InChI is InChI=1S/C31H45NO5S/c1-21-6-8-22(9-7-21)29(33)32(23-10-12-24(13-11-23)37-25-15-18-36-19-16-25)27-20-26(14-17-31(2,3)4)38-28(27)30(34)35-5/h20-25H,6-13,15-16,18-19H2,1-5H3/t21-,22-,23-,24-. The van der Waals surface area contributed by atoms with Gasteiger partial charge in [-0.3, -0.25) is 4.79 Å². The van der Waals surface area contributed by atoms with Gasteiger partial charge < -0.3 is 19.1 Å². The van der Waals surface area contributed by atoms with E-state index in [0.29, 0.717) is 16.5 Å². The number of carbonyl (C=O) groups excluding carboxylic acids is 2. The van der Waals surface area contributed by atoms with Gasteiger partial charge in [0.15, 0.2) is 0 Å². The zero-order valence-corrected chi connectivity index (χ0v) is 24.7. The molecule has 1 aromatic rings. The Hall–Kier alpha value is -1.88. The average Bonchev–Trinajstić information content (AvgIpc) is 3.32. The van der Waals surface area contributed by atoms with Gasteiger partial charge in [-0.25, -0.2) is 4.79 Å². The Kier molecular flexibility index (Phi) is 9.95. The largest absolute Gasteiger partial charge is 0.465 e. The van der Waals surface area contributed by atoms with Crippen LogP contribution in [0.25, 0.3) is 0 Å². The van der Waals surface area contributed by atoms with E-state index in [4.69, 9.17) is 14.2 Å². The Morgan fingerprint density at radius 3 is 2.21 bits per heavy atom. The summed E-state index contributed by atoms with van der Waals surface area (Å²) in [5, 5.41) is 0.